The summed E-state index contributed by atoms with van der Waals surface area (Å²) >= 11 is 0. The maximum absolute atomic E-state index is 12.4. The predicted octanol–water partition coefficient (Wildman–Crippen LogP) is -0.0550. The van der Waals surface area contributed by atoms with E-state index < -0.39 is 0 Å². The standard InChI is InChI=1S/C13H23N3O/c17-13(10-15-8-4-14-5-9-15)11-3-7-16-6-1-2-12(11)16/h11-12,14H,1-10H2. The van der Waals surface area contributed by atoms with Crippen LogP contribution in [0.15, 0.2) is 0 Å². The SMILES string of the molecule is O=C(CN1CCNCC1)C1CCN2CCCC12. The summed E-state index contributed by atoms with van der Waals surface area (Å²) in [5.41, 5.74) is 0. The van der Waals surface area contributed by atoms with Crippen molar-refractivity contribution >= 4 is 5.78 Å². The number of carbonyl (C=O) groups is 1. The van der Waals surface area contributed by atoms with Gasteiger partial charge in [-0.15, -0.1) is 0 Å². The summed E-state index contributed by atoms with van der Waals surface area (Å²) in [4.78, 5) is 17.2. The fraction of sp³-hybridized carbons (Fsp3) is 0.923. The normalized spacial score (nSPS) is 35.1. The van der Waals surface area contributed by atoms with E-state index in [0.717, 1.165) is 39.1 Å². The minimum absolute atomic E-state index is 0.340. The lowest BCUT2D eigenvalue weighted by molar-refractivity contribution is -0.124. The summed E-state index contributed by atoms with van der Waals surface area (Å²) in [6.45, 7) is 7.21. The minimum Gasteiger partial charge on any atom is -0.314 e. The molecule has 3 aliphatic heterocycles. The fourth-order valence-electron chi connectivity index (χ4n) is 3.66. The van der Waals surface area contributed by atoms with Crippen LogP contribution in [0.25, 0.3) is 0 Å². The van der Waals surface area contributed by atoms with Crippen LogP contribution >= 0.6 is 0 Å². The van der Waals surface area contributed by atoms with Crippen molar-refractivity contribution in [2.45, 2.75) is 25.3 Å². The van der Waals surface area contributed by atoms with Gasteiger partial charge in [0.05, 0.1) is 6.54 Å². The van der Waals surface area contributed by atoms with Gasteiger partial charge in [0, 0.05) is 38.1 Å². The average Bonchev–Trinajstić information content (AvgIpc) is 2.91. The van der Waals surface area contributed by atoms with Gasteiger partial charge in [-0.2, -0.15) is 0 Å². The van der Waals surface area contributed by atoms with Gasteiger partial charge >= 0.3 is 0 Å². The molecule has 1 N–H and O–H groups in total. The van der Waals surface area contributed by atoms with Crippen molar-refractivity contribution in [3.05, 3.63) is 0 Å². The zero-order chi connectivity index (χ0) is 11.7. The van der Waals surface area contributed by atoms with Crippen LogP contribution in [-0.4, -0.2) is 67.4 Å². The molecule has 4 nitrogen and oxygen atoms in total. The average molecular weight is 237 g/mol. The van der Waals surface area contributed by atoms with Gasteiger partial charge < -0.3 is 5.32 Å². The predicted molar refractivity (Wildman–Crippen MR) is 67.0 cm³/mol. The second kappa shape index (κ2) is 5.04. The van der Waals surface area contributed by atoms with Crippen LogP contribution in [0.3, 0.4) is 0 Å². The third-order valence-corrected chi connectivity index (χ3v) is 4.61. The van der Waals surface area contributed by atoms with E-state index in [2.05, 4.69) is 15.1 Å². The molecule has 0 aromatic heterocycles. The first kappa shape index (κ1) is 11.6. The fourth-order valence-corrected chi connectivity index (χ4v) is 3.66. The van der Waals surface area contributed by atoms with Crippen LogP contribution in [0.1, 0.15) is 19.3 Å². The van der Waals surface area contributed by atoms with Crippen molar-refractivity contribution in [2.24, 2.45) is 5.92 Å². The second-order valence-electron chi connectivity index (χ2n) is 5.63. The summed E-state index contributed by atoms with van der Waals surface area (Å²) in [6.07, 6.45) is 3.65. The Hall–Kier alpha value is -0.450. The molecule has 3 aliphatic rings. The molecule has 0 aliphatic carbocycles. The number of piperazine rings is 1. The maximum atomic E-state index is 12.4. The maximum Gasteiger partial charge on any atom is 0.151 e. The number of rotatable bonds is 3. The highest BCUT2D eigenvalue weighted by molar-refractivity contribution is 5.84. The molecule has 0 aromatic rings. The van der Waals surface area contributed by atoms with Crippen LogP contribution in [0.2, 0.25) is 0 Å². The Morgan fingerprint density at radius 1 is 1.12 bits per heavy atom. The zero-order valence-electron chi connectivity index (χ0n) is 10.5. The van der Waals surface area contributed by atoms with Gasteiger partial charge in [-0.05, 0) is 32.4 Å². The lowest BCUT2D eigenvalue weighted by Gasteiger charge is -2.28. The summed E-state index contributed by atoms with van der Waals surface area (Å²) in [7, 11) is 0. The summed E-state index contributed by atoms with van der Waals surface area (Å²) in [5, 5.41) is 3.33. The van der Waals surface area contributed by atoms with Crippen molar-refractivity contribution in [2.75, 3.05) is 45.8 Å². The van der Waals surface area contributed by atoms with Gasteiger partial charge in [0.2, 0.25) is 0 Å². The summed E-state index contributed by atoms with van der Waals surface area (Å²) in [6, 6.07) is 0.588. The molecule has 0 bridgehead atoms. The highest BCUT2D eigenvalue weighted by Gasteiger charge is 2.40. The molecule has 3 saturated heterocycles. The quantitative estimate of drug-likeness (QED) is 0.746. The number of nitrogens with one attached hydrogen (secondary N) is 1. The Labute approximate surface area is 103 Å². The minimum atomic E-state index is 0.340. The highest BCUT2D eigenvalue weighted by atomic mass is 16.1. The van der Waals surface area contributed by atoms with E-state index in [1.54, 1.807) is 0 Å². The van der Waals surface area contributed by atoms with Gasteiger partial charge in [0.1, 0.15) is 0 Å². The highest BCUT2D eigenvalue weighted by Crippen LogP contribution is 2.33. The van der Waals surface area contributed by atoms with Gasteiger partial charge in [-0.1, -0.05) is 0 Å². The third-order valence-electron chi connectivity index (χ3n) is 4.61. The smallest absolute Gasteiger partial charge is 0.151 e. The number of hydrogen-bond acceptors (Lipinski definition) is 4. The van der Waals surface area contributed by atoms with Gasteiger partial charge in [-0.25, -0.2) is 0 Å². The lowest BCUT2D eigenvalue weighted by atomic mass is 9.93. The Bertz CT molecular complexity index is 288. The Morgan fingerprint density at radius 3 is 2.76 bits per heavy atom. The summed E-state index contributed by atoms with van der Waals surface area (Å²) in [5.74, 6) is 0.841. The van der Waals surface area contributed by atoms with Crippen molar-refractivity contribution in [3.63, 3.8) is 0 Å². The van der Waals surface area contributed by atoms with Crippen molar-refractivity contribution in [3.8, 4) is 0 Å². The topological polar surface area (TPSA) is 35.6 Å². The van der Waals surface area contributed by atoms with E-state index in [-0.39, 0.29) is 0 Å². The number of nitrogens with zero attached hydrogens (tertiary/aromatic N) is 2. The second-order valence-corrected chi connectivity index (χ2v) is 5.63. The molecule has 2 unspecified atom stereocenters. The van der Waals surface area contributed by atoms with Crippen LogP contribution in [0, 0.1) is 5.92 Å². The Kier molecular flexibility index (Phi) is 3.45. The molecule has 0 aromatic carbocycles. The van der Waals surface area contributed by atoms with E-state index in [1.807, 2.05) is 0 Å². The molecular formula is C13H23N3O. The van der Waals surface area contributed by atoms with E-state index in [9.17, 15) is 4.79 Å². The van der Waals surface area contributed by atoms with Crippen LogP contribution < -0.4 is 5.32 Å². The van der Waals surface area contributed by atoms with Gasteiger partial charge in [0.25, 0.3) is 0 Å². The largest absolute Gasteiger partial charge is 0.314 e. The number of fused-ring (bicyclic) bond motifs is 1. The first-order valence-electron chi connectivity index (χ1n) is 7.04. The molecule has 3 fully saturated rings. The van der Waals surface area contributed by atoms with E-state index in [4.69, 9.17) is 0 Å². The Morgan fingerprint density at radius 2 is 1.94 bits per heavy atom. The number of ketones is 1. The number of Topliss-reactive ketones (excluding diaryl/α,β-unsaturated/α-hetero) is 1. The van der Waals surface area contributed by atoms with E-state index in [1.165, 1.54) is 19.4 Å². The molecule has 17 heavy (non-hydrogen) atoms. The number of hydrogen-bond donors (Lipinski definition) is 1. The van der Waals surface area contributed by atoms with Gasteiger partial charge in [-0.3, -0.25) is 14.6 Å². The molecule has 0 spiro atoms. The molecule has 3 rings (SSSR count). The van der Waals surface area contributed by atoms with Crippen LogP contribution in [0.5, 0.6) is 0 Å². The molecule has 2 atom stereocenters. The first-order valence-corrected chi connectivity index (χ1v) is 7.04. The molecule has 0 amide bonds. The van der Waals surface area contributed by atoms with E-state index >= 15 is 0 Å². The summed E-state index contributed by atoms with van der Waals surface area (Å²) < 4.78 is 0. The Balaban J connectivity index is 1.55. The third kappa shape index (κ3) is 2.39. The van der Waals surface area contributed by atoms with Gasteiger partial charge in [0.15, 0.2) is 5.78 Å². The monoisotopic (exact) mass is 237 g/mol. The molecule has 3 heterocycles. The lowest BCUT2D eigenvalue weighted by Crippen LogP contribution is -2.47. The molecule has 96 valence electrons. The number of carbonyl (C=O) groups excluding carboxylic acids is 1. The van der Waals surface area contributed by atoms with Crippen molar-refractivity contribution < 1.29 is 4.79 Å². The molecule has 4 heteroatoms. The van der Waals surface area contributed by atoms with Crippen molar-refractivity contribution in [1.29, 1.82) is 0 Å². The molecular weight excluding hydrogens is 214 g/mol. The van der Waals surface area contributed by atoms with Crippen molar-refractivity contribution in [1.82, 2.24) is 15.1 Å². The first-order chi connectivity index (χ1) is 8.34. The van der Waals surface area contributed by atoms with Crippen LogP contribution in [-0.2, 0) is 4.79 Å². The molecule has 0 saturated carbocycles. The zero-order valence-corrected chi connectivity index (χ0v) is 10.5. The molecule has 0 radical (unpaired) electrons. The van der Waals surface area contributed by atoms with E-state index in [0.29, 0.717) is 24.3 Å². The van der Waals surface area contributed by atoms with Crippen LogP contribution in [0.4, 0.5) is 0 Å².